The summed E-state index contributed by atoms with van der Waals surface area (Å²) in [7, 11) is 0. The molecule has 0 aliphatic heterocycles. The van der Waals surface area contributed by atoms with Crippen LogP contribution in [0.3, 0.4) is 0 Å². The zero-order chi connectivity index (χ0) is 11.7. The third-order valence-corrected chi connectivity index (χ3v) is 3.33. The first-order valence-electron chi connectivity index (χ1n) is 5.49. The number of benzene rings is 1. The van der Waals surface area contributed by atoms with E-state index in [1.165, 1.54) is 6.07 Å². The molecule has 1 aliphatic carbocycles. The summed E-state index contributed by atoms with van der Waals surface area (Å²) in [6.07, 6.45) is 1.95. The van der Waals surface area contributed by atoms with Crippen LogP contribution in [0.5, 0.6) is 0 Å². The minimum atomic E-state index is -0.980. The van der Waals surface area contributed by atoms with E-state index in [4.69, 9.17) is 5.73 Å². The lowest BCUT2D eigenvalue weighted by Crippen LogP contribution is -2.37. The Labute approximate surface area is 105 Å². The van der Waals surface area contributed by atoms with Crippen molar-refractivity contribution in [2.45, 2.75) is 31.4 Å². The van der Waals surface area contributed by atoms with E-state index in [9.17, 15) is 13.9 Å². The fourth-order valence-corrected chi connectivity index (χ4v) is 2.07. The van der Waals surface area contributed by atoms with Crippen LogP contribution in [0.15, 0.2) is 18.2 Å². The molecule has 0 radical (unpaired) electrons. The highest BCUT2D eigenvalue weighted by Crippen LogP contribution is 2.35. The molecule has 0 amide bonds. The second-order valence-electron chi connectivity index (χ2n) is 4.34. The van der Waals surface area contributed by atoms with E-state index in [1.54, 1.807) is 0 Å². The van der Waals surface area contributed by atoms with Crippen LogP contribution in [-0.2, 0) is 0 Å². The quantitative estimate of drug-likeness (QED) is 0.880. The standard InChI is InChI=1S/C12H15F2NO.ClH/c13-8-5-2-6-9(14)10(8)11(15)12(16)7-3-1-4-7;/h2,5-7,11-12,16H,1,3-4,15H2;1H/t11-,12+;/m0./s1. The van der Waals surface area contributed by atoms with Gasteiger partial charge in [0.15, 0.2) is 0 Å². The van der Waals surface area contributed by atoms with Crippen LogP contribution in [0.2, 0.25) is 0 Å². The Morgan fingerprint density at radius 1 is 1.24 bits per heavy atom. The fraction of sp³-hybridized carbons (Fsp3) is 0.500. The molecular formula is C12H16ClF2NO. The highest BCUT2D eigenvalue weighted by molar-refractivity contribution is 5.85. The molecule has 0 unspecified atom stereocenters. The Balaban J connectivity index is 0.00000144. The SMILES string of the molecule is Cl.N[C@@H](c1c(F)cccc1F)[C@H](O)C1CCC1. The van der Waals surface area contributed by atoms with Crippen LogP contribution in [-0.4, -0.2) is 11.2 Å². The summed E-state index contributed by atoms with van der Waals surface area (Å²) in [5.41, 5.74) is 5.51. The van der Waals surface area contributed by atoms with Gasteiger partial charge in [0.05, 0.1) is 12.1 Å². The number of rotatable bonds is 3. The summed E-state index contributed by atoms with van der Waals surface area (Å²) in [6, 6.07) is 2.63. The van der Waals surface area contributed by atoms with Crippen molar-refractivity contribution in [3.05, 3.63) is 35.4 Å². The molecule has 17 heavy (non-hydrogen) atoms. The summed E-state index contributed by atoms with van der Waals surface area (Å²) in [5, 5.41) is 9.88. The van der Waals surface area contributed by atoms with E-state index >= 15 is 0 Å². The number of hydrogen-bond donors (Lipinski definition) is 2. The molecule has 1 aliphatic rings. The van der Waals surface area contributed by atoms with Crippen LogP contribution in [0, 0.1) is 17.6 Å². The summed E-state index contributed by atoms with van der Waals surface area (Å²) >= 11 is 0. The first-order chi connectivity index (χ1) is 7.61. The molecule has 0 heterocycles. The molecule has 0 aromatic heterocycles. The molecule has 3 N–H and O–H groups in total. The van der Waals surface area contributed by atoms with Gasteiger partial charge >= 0.3 is 0 Å². The first-order valence-corrected chi connectivity index (χ1v) is 5.49. The van der Waals surface area contributed by atoms with Crippen molar-refractivity contribution in [2.24, 2.45) is 11.7 Å². The second-order valence-corrected chi connectivity index (χ2v) is 4.34. The lowest BCUT2D eigenvalue weighted by molar-refractivity contribution is 0.0395. The lowest BCUT2D eigenvalue weighted by atomic mass is 9.77. The van der Waals surface area contributed by atoms with Crippen molar-refractivity contribution in [1.82, 2.24) is 0 Å². The van der Waals surface area contributed by atoms with Crippen molar-refractivity contribution < 1.29 is 13.9 Å². The van der Waals surface area contributed by atoms with Crippen molar-refractivity contribution in [3.8, 4) is 0 Å². The normalized spacial score (nSPS) is 19.1. The Morgan fingerprint density at radius 2 is 1.76 bits per heavy atom. The molecular weight excluding hydrogens is 248 g/mol. The van der Waals surface area contributed by atoms with Crippen molar-refractivity contribution >= 4 is 12.4 Å². The van der Waals surface area contributed by atoms with Gasteiger partial charge in [-0.15, -0.1) is 12.4 Å². The van der Waals surface area contributed by atoms with Crippen LogP contribution in [0.1, 0.15) is 30.9 Å². The highest BCUT2D eigenvalue weighted by Gasteiger charge is 2.33. The molecule has 1 aromatic carbocycles. The van der Waals surface area contributed by atoms with E-state index in [-0.39, 0.29) is 23.9 Å². The Bertz CT molecular complexity index is 365. The van der Waals surface area contributed by atoms with Crippen LogP contribution in [0.25, 0.3) is 0 Å². The van der Waals surface area contributed by atoms with Gasteiger partial charge in [-0.05, 0) is 30.9 Å². The van der Waals surface area contributed by atoms with Gasteiger partial charge in [-0.25, -0.2) is 8.78 Å². The Hall–Kier alpha value is -0.710. The van der Waals surface area contributed by atoms with Crippen LogP contribution in [0.4, 0.5) is 8.78 Å². The number of nitrogens with two attached hydrogens (primary N) is 1. The van der Waals surface area contributed by atoms with E-state index < -0.39 is 23.8 Å². The molecule has 96 valence electrons. The summed E-state index contributed by atoms with van der Waals surface area (Å²) < 4.78 is 26.8. The topological polar surface area (TPSA) is 46.2 Å². The van der Waals surface area contributed by atoms with Gasteiger partial charge in [0.1, 0.15) is 11.6 Å². The minimum absolute atomic E-state index is 0. The zero-order valence-corrected chi connectivity index (χ0v) is 10.1. The molecule has 2 atom stereocenters. The van der Waals surface area contributed by atoms with Gasteiger partial charge in [-0.2, -0.15) is 0 Å². The third-order valence-electron chi connectivity index (χ3n) is 3.33. The average molecular weight is 264 g/mol. The van der Waals surface area contributed by atoms with Crippen molar-refractivity contribution in [1.29, 1.82) is 0 Å². The molecule has 0 spiro atoms. The number of aliphatic hydroxyl groups excluding tert-OH is 1. The van der Waals surface area contributed by atoms with Gasteiger partial charge in [-0.3, -0.25) is 0 Å². The molecule has 1 aromatic rings. The fourth-order valence-electron chi connectivity index (χ4n) is 2.07. The molecule has 2 nitrogen and oxygen atoms in total. The Morgan fingerprint density at radius 3 is 2.18 bits per heavy atom. The first kappa shape index (κ1) is 14.4. The van der Waals surface area contributed by atoms with E-state index in [0.717, 1.165) is 31.4 Å². The zero-order valence-electron chi connectivity index (χ0n) is 9.27. The van der Waals surface area contributed by atoms with Crippen molar-refractivity contribution in [2.75, 3.05) is 0 Å². The van der Waals surface area contributed by atoms with E-state index in [1.807, 2.05) is 0 Å². The van der Waals surface area contributed by atoms with Gasteiger partial charge in [0, 0.05) is 5.56 Å². The molecule has 2 rings (SSSR count). The highest BCUT2D eigenvalue weighted by atomic mass is 35.5. The second kappa shape index (κ2) is 5.76. The third kappa shape index (κ3) is 2.76. The monoisotopic (exact) mass is 263 g/mol. The summed E-state index contributed by atoms with van der Waals surface area (Å²) in [4.78, 5) is 0. The average Bonchev–Trinajstić information content (AvgIpc) is 2.14. The number of aliphatic hydroxyl groups is 1. The largest absolute Gasteiger partial charge is 0.391 e. The maximum Gasteiger partial charge on any atom is 0.131 e. The summed E-state index contributed by atoms with van der Waals surface area (Å²) in [5.74, 6) is -1.30. The van der Waals surface area contributed by atoms with E-state index in [2.05, 4.69) is 0 Å². The van der Waals surface area contributed by atoms with Crippen molar-refractivity contribution in [3.63, 3.8) is 0 Å². The predicted octanol–water partition coefficient (Wildman–Crippen LogP) is 2.55. The maximum absolute atomic E-state index is 13.4. The predicted molar refractivity (Wildman–Crippen MR) is 63.9 cm³/mol. The summed E-state index contributed by atoms with van der Waals surface area (Å²) in [6.45, 7) is 0. The molecule has 0 saturated heterocycles. The molecule has 1 fully saturated rings. The number of halogens is 3. The lowest BCUT2D eigenvalue weighted by Gasteiger charge is -2.33. The molecule has 5 heteroatoms. The minimum Gasteiger partial charge on any atom is -0.391 e. The maximum atomic E-state index is 13.4. The van der Waals surface area contributed by atoms with Gasteiger partial charge in [0.2, 0.25) is 0 Å². The Kier molecular flexibility index (Phi) is 4.86. The van der Waals surface area contributed by atoms with E-state index in [0.29, 0.717) is 0 Å². The van der Waals surface area contributed by atoms with Gasteiger partial charge in [-0.1, -0.05) is 12.5 Å². The van der Waals surface area contributed by atoms with Gasteiger partial charge in [0.25, 0.3) is 0 Å². The van der Waals surface area contributed by atoms with Crippen LogP contribution >= 0.6 is 12.4 Å². The van der Waals surface area contributed by atoms with Crippen LogP contribution < -0.4 is 5.73 Å². The van der Waals surface area contributed by atoms with Gasteiger partial charge < -0.3 is 10.8 Å². The smallest absolute Gasteiger partial charge is 0.131 e. The molecule has 1 saturated carbocycles. The molecule has 0 bridgehead atoms. The number of hydrogen-bond acceptors (Lipinski definition) is 2.